The maximum Gasteiger partial charge on any atom is 0.134 e. The number of aromatic nitrogens is 2. The lowest BCUT2D eigenvalue weighted by molar-refractivity contribution is 1.14. The van der Waals surface area contributed by atoms with Gasteiger partial charge in [0, 0.05) is 6.07 Å². The molecule has 1 heterocycles. The smallest absolute Gasteiger partial charge is 0.134 e. The molecule has 62 valence electrons. The molecule has 0 aliphatic carbocycles. The first-order valence-electron chi connectivity index (χ1n) is 3.44. The van der Waals surface area contributed by atoms with Gasteiger partial charge >= 0.3 is 0 Å². The van der Waals surface area contributed by atoms with Crippen LogP contribution in [0.3, 0.4) is 0 Å². The van der Waals surface area contributed by atoms with Gasteiger partial charge < -0.3 is 5.32 Å². The first-order chi connectivity index (χ1) is 5.83. The van der Waals surface area contributed by atoms with Crippen LogP contribution in [0.25, 0.3) is 0 Å². The fourth-order valence-electron chi connectivity index (χ4n) is 0.653. The van der Waals surface area contributed by atoms with Crippen molar-refractivity contribution in [2.45, 2.75) is 6.92 Å². The van der Waals surface area contributed by atoms with Crippen molar-refractivity contribution in [2.24, 2.45) is 0 Å². The van der Waals surface area contributed by atoms with Crippen LogP contribution >= 0.6 is 11.6 Å². The Hall–Kier alpha value is -1.27. The summed E-state index contributed by atoms with van der Waals surface area (Å²) in [6.07, 6.45) is 1.41. The summed E-state index contributed by atoms with van der Waals surface area (Å²) in [5.74, 6) is 6.31. The lowest BCUT2D eigenvalue weighted by Gasteiger charge is -1.99. The summed E-state index contributed by atoms with van der Waals surface area (Å²) in [7, 11) is 0. The molecule has 0 radical (unpaired) electrons. The van der Waals surface area contributed by atoms with Crippen LogP contribution in [0.1, 0.15) is 6.92 Å². The molecule has 0 aliphatic rings. The zero-order valence-electron chi connectivity index (χ0n) is 6.63. The van der Waals surface area contributed by atoms with Crippen LogP contribution in [0.15, 0.2) is 12.4 Å². The Morgan fingerprint density at radius 3 is 3.08 bits per heavy atom. The molecule has 0 bridgehead atoms. The van der Waals surface area contributed by atoms with Crippen LogP contribution in [-0.4, -0.2) is 16.5 Å². The van der Waals surface area contributed by atoms with Gasteiger partial charge in [-0.2, -0.15) is 0 Å². The second kappa shape index (κ2) is 4.58. The molecule has 0 saturated heterocycles. The summed E-state index contributed by atoms with van der Waals surface area (Å²) in [5.41, 5.74) is 0. The van der Waals surface area contributed by atoms with Crippen molar-refractivity contribution >= 4 is 17.4 Å². The molecule has 0 unspecified atom stereocenters. The van der Waals surface area contributed by atoms with Crippen LogP contribution in [0.2, 0.25) is 5.15 Å². The summed E-state index contributed by atoms with van der Waals surface area (Å²) in [6, 6.07) is 1.65. The van der Waals surface area contributed by atoms with E-state index in [9.17, 15) is 0 Å². The Labute approximate surface area is 76.2 Å². The molecule has 1 N–H and O–H groups in total. The van der Waals surface area contributed by atoms with E-state index in [1.165, 1.54) is 6.33 Å². The standard InChI is InChI=1S/C8H8ClN3/c1-2-3-4-10-8-5-7(9)11-6-12-8/h5-6H,4H2,1H3,(H,10,11,12). The van der Waals surface area contributed by atoms with Crippen molar-refractivity contribution in [3.05, 3.63) is 17.5 Å². The van der Waals surface area contributed by atoms with Gasteiger partial charge in [-0.15, -0.1) is 5.92 Å². The van der Waals surface area contributed by atoms with E-state index in [0.29, 0.717) is 17.5 Å². The van der Waals surface area contributed by atoms with E-state index >= 15 is 0 Å². The van der Waals surface area contributed by atoms with Crippen LogP contribution in [0.4, 0.5) is 5.82 Å². The molecule has 0 fully saturated rings. The van der Waals surface area contributed by atoms with Gasteiger partial charge in [0.2, 0.25) is 0 Å². The monoisotopic (exact) mass is 181 g/mol. The Bertz CT molecular complexity index is 314. The van der Waals surface area contributed by atoms with Gasteiger partial charge in [0.25, 0.3) is 0 Å². The molecule has 0 aliphatic heterocycles. The molecule has 1 aromatic heterocycles. The highest BCUT2D eigenvalue weighted by Gasteiger charge is 1.92. The van der Waals surface area contributed by atoms with E-state index in [1.54, 1.807) is 13.0 Å². The minimum atomic E-state index is 0.428. The molecule has 0 spiro atoms. The van der Waals surface area contributed by atoms with E-state index in [2.05, 4.69) is 27.1 Å². The van der Waals surface area contributed by atoms with E-state index in [4.69, 9.17) is 11.6 Å². The topological polar surface area (TPSA) is 37.8 Å². The predicted octanol–water partition coefficient (Wildman–Crippen LogP) is 1.57. The number of nitrogens with one attached hydrogen (secondary N) is 1. The van der Waals surface area contributed by atoms with Gasteiger partial charge in [-0.1, -0.05) is 17.5 Å². The SMILES string of the molecule is CC#CCNc1cc(Cl)ncn1. The highest BCUT2D eigenvalue weighted by molar-refractivity contribution is 6.29. The minimum Gasteiger partial charge on any atom is -0.359 e. The van der Waals surface area contributed by atoms with Gasteiger partial charge in [-0.25, -0.2) is 9.97 Å². The summed E-state index contributed by atoms with van der Waals surface area (Å²) >= 11 is 5.63. The average molecular weight is 182 g/mol. The van der Waals surface area contributed by atoms with Crippen LogP contribution in [0.5, 0.6) is 0 Å². The third kappa shape index (κ3) is 2.77. The van der Waals surface area contributed by atoms with Crippen molar-refractivity contribution in [3.63, 3.8) is 0 Å². The maximum atomic E-state index is 5.63. The van der Waals surface area contributed by atoms with Crippen molar-refractivity contribution in [1.82, 2.24) is 9.97 Å². The number of hydrogen-bond donors (Lipinski definition) is 1. The summed E-state index contributed by atoms with van der Waals surface area (Å²) in [5, 5.41) is 3.40. The van der Waals surface area contributed by atoms with Crippen molar-refractivity contribution < 1.29 is 0 Å². The average Bonchev–Trinajstić information content (AvgIpc) is 2.05. The normalized spacial score (nSPS) is 8.50. The van der Waals surface area contributed by atoms with Gasteiger partial charge in [0.15, 0.2) is 0 Å². The van der Waals surface area contributed by atoms with Crippen LogP contribution < -0.4 is 5.32 Å². The van der Waals surface area contributed by atoms with Gasteiger partial charge in [-0.05, 0) is 6.92 Å². The van der Waals surface area contributed by atoms with Gasteiger partial charge in [0.05, 0.1) is 6.54 Å². The molecule has 4 heteroatoms. The Kier molecular flexibility index (Phi) is 3.36. The van der Waals surface area contributed by atoms with Gasteiger partial charge in [-0.3, -0.25) is 0 Å². The van der Waals surface area contributed by atoms with E-state index in [-0.39, 0.29) is 0 Å². The molecular formula is C8H8ClN3. The summed E-state index contributed by atoms with van der Waals surface area (Å²) in [6.45, 7) is 2.36. The molecule has 0 aromatic carbocycles. The maximum absolute atomic E-state index is 5.63. The largest absolute Gasteiger partial charge is 0.359 e. The third-order valence-corrected chi connectivity index (χ3v) is 1.38. The second-order valence-corrected chi connectivity index (χ2v) is 2.39. The second-order valence-electron chi connectivity index (χ2n) is 2.01. The molecule has 1 aromatic rings. The highest BCUT2D eigenvalue weighted by atomic mass is 35.5. The molecule has 1 rings (SSSR count). The number of rotatable bonds is 2. The Morgan fingerprint density at radius 1 is 1.58 bits per heavy atom. The first-order valence-corrected chi connectivity index (χ1v) is 3.82. The number of anilines is 1. The number of halogens is 1. The lowest BCUT2D eigenvalue weighted by Crippen LogP contribution is -2.00. The summed E-state index contributed by atoms with van der Waals surface area (Å²) in [4.78, 5) is 7.68. The quantitative estimate of drug-likeness (QED) is 0.556. The van der Waals surface area contributed by atoms with E-state index in [0.717, 1.165) is 0 Å². The number of hydrogen-bond acceptors (Lipinski definition) is 3. The third-order valence-electron chi connectivity index (χ3n) is 1.17. The molecule has 0 saturated carbocycles. The summed E-state index contributed by atoms with van der Waals surface area (Å²) < 4.78 is 0. The zero-order valence-corrected chi connectivity index (χ0v) is 7.39. The van der Waals surface area contributed by atoms with E-state index < -0.39 is 0 Å². The van der Waals surface area contributed by atoms with Crippen LogP contribution in [0, 0.1) is 11.8 Å². The van der Waals surface area contributed by atoms with Crippen LogP contribution in [-0.2, 0) is 0 Å². The predicted molar refractivity (Wildman–Crippen MR) is 49.0 cm³/mol. The molecule has 3 nitrogen and oxygen atoms in total. The van der Waals surface area contributed by atoms with Crippen molar-refractivity contribution in [1.29, 1.82) is 0 Å². The fourth-order valence-corrected chi connectivity index (χ4v) is 0.800. The lowest BCUT2D eigenvalue weighted by atomic mass is 10.5. The molecular weight excluding hydrogens is 174 g/mol. The number of nitrogens with zero attached hydrogens (tertiary/aromatic N) is 2. The van der Waals surface area contributed by atoms with Gasteiger partial charge in [0.1, 0.15) is 17.3 Å². The fraction of sp³-hybridized carbons (Fsp3) is 0.250. The Morgan fingerprint density at radius 2 is 2.42 bits per heavy atom. The molecule has 0 atom stereocenters. The highest BCUT2D eigenvalue weighted by Crippen LogP contribution is 2.07. The van der Waals surface area contributed by atoms with Crippen molar-refractivity contribution in [2.75, 3.05) is 11.9 Å². The first kappa shape index (κ1) is 8.82. The zero-order chi connectivity index (χ0) is 8.81. The van der Waals surface area contributed by atoms with Crippen molar-refractivity contribution in [3.8, 4) is 11.8 Å². The molecule has 12 heavy (non-hydrogen) atoms. The van der Waals surface area contributed by atoms with E-state index in [1.807, 2.05) is 0 Å². The Balaban J connectivity index is 2.55. The molecule has 0 amide bonds. The minimum absolute atomic E-state index is 0.428.